The number of aliphatic imine (C=N–C) groups is 2. The zero-order valence-corrected chi connectivity index (χ0v) is 41.2. The van der Waals surface area contributed by atoms with Crippen LogP contribution in [0, 0.1) is 0 Å². The number of nitrogens with two attached hydrogens (primary N) is 5. The second-order valence-electron chi connectivity index (χ2n) is 18.3. The minimum Gasteiger partial charge on any atom is -0.480 e. The highest BCUT2D eigenvalue weighted by Gasteiger charge is 2.43. The van der Waals surface area contributed by atoms with Crippen molar-refractivity contribution >= 4 is 65.1 Å². The van der Waals surface area contributed by atoms with Gasteiger partial charge in [0.25, 0.3) is 0 Å². The maximum atomic E-state index is 14.1. The lowest BCUT2D eigenvalue weighted by molar-refractivity contribution is -0.147. The van der Waals surface area contributed by atoms with E-state index in [2.05, 4.69) is 36.6 Å². The summed E-state index contributed by atoms with van der Waals surface area (Å²) in [6.45, 7) is -1.16. The minimum atomic E-state index is -1.64. The molecule has 0 aliphatic carbocycles. The molecule has 2 aromatic carbocycles. The second kappa shape index (κ2) is 27.8. The Morgan fingerprint density at radius 1 is 0.716 bits per heavy atom. The summed E-state index contributed by atoms with van der Waals surface area (Å²) in [5, 5.41) is 32.8. The molecule has 26 heteroatoms. The molecule has 1 unspecified atom stereocenters. The number of aliphatic carboxylic acids is 1. The van der Waals surface area contributed by atoms with Crippen molar-refractivity contribution in [3.8, 4) is 0 Å². The van der Waals surface area contributed by atoms with Gasteiger partial charge >= 0.3 is 5.97 Å². The van der Waals surface area contributed by atoms with E-state index < -0.39 is 115 Å². The van der Waals surface area contributed by atoms with Crippen LogP contribution in [0.1, 0.15) is 68.1 Å². The van der Waals surface area contributed by atoms with Gasteiger partial charge in [0, 0.05) is 45.6 Å². The molecular weight excluding hydrogens is 963 g/mol. The number of hydrogen-bond donors (Lipinski definition) is 12. The van der Waals surface area contributed by atoms with Gasteiger partial charge in [-0.1, -0.05) is 54.6 Å². The van der Waals surface area contributed by atoms with Crippen molar-refractivity contribution in [1.29, 1.82) is 0 Å². The fourth-order valence-electron chi connectivity index (χ4n) is 9.11. The van der Waals surface area contributed by atoms with Gasteiger partial charge in [-0.25, -0.2) is 4.79 Å². The van der Waals surface area contributed by atoms with Crippen LogP contribution < -0.4 is 55.3 Å². The summed E-state index contributed by atoms with van der Waals surface area (Å²) in [6.07, 6.45) is 2.61. The molecule has 2 aromatic rings. The summed E-state index contributed by atoms with van der Waals surface area (Å²) >= 11 is 0. The van der Waals surface area contributed by atoms with E-state index in [1.165, 1.54) is 9.80 Å². The summed E-state index contributed by atoms with van der Waals surface area (Å²) in [7, 11) is 0. The molecule has 0 aromatic heterocycles. The molecule has 2 fully saturated rings. The molecule has 0 spiro atoms. The average Bonchev–Trinajstić information content (AvgIpc) is 4.05. The molecule has 7 atom stereocenters. The first kappa shape index (κ1) is 57.0. The van der Waals surface area contributed by atoms with E-state index in [4.69, 9.17) is 28.7 Å². The van der Waals surface area contributed by atoms with Gasteiger partial charge in [0.2, 0.25) is 47.3 Å². The first-order valence-electron chi connectivity index (χ1n) is 24.5. The molecule has 3 heterocycles. The zero-order chi connectivity index (χ0) is 53.9. The van der Waals surface area contributed by atoms with Crippen LogP contribution in [0.15, 0.2) is 64.6 Å². The van der Waals surface area contributed by atoms with Crippen molar-refractivity contribution in [3.63, 3.8) is 0 Å². The molecule has 5 rings (SSSR count). The zero-order valence-electron chi connectivity index (χ0n) is 41.2. The third-order valence-corrected chi connectivity index (χ3v) is 12.9. The van der Waals surface area contributed by atoms with Gasteiger partial charge in [0.05, 0.1) is 25.7 Å². The number of hydrogen-bond acceptors (Lipinski definition) is 13. The fraction of sp³-hybridized carbons (Fsp3) is 0.521. The number of nitrogens with zero attached hydrogens (tertiary/aromatic N) is 5. The highest BCUT2D eigenvalue weighted by molar-refractivity contribution is 5.97. The van der Waals surface area contributed by atoms with E-state index in [-0.39, 0.29) is 57.2 Å². The Labute approximate surface area is 427 Å². The van der Waals surface area contributed by atoms with Crippen LogP contribution >= 0.6 is 0 Å². The lowest BCUT2D eigenvalue weighted by atomic mass is 10.0. The Morgan fingerprint density at radius 2 is 1.32 bits per heavy atom. The van der Waals surface area contributed by atoms with E-state index >= 15 is 0 Å². The van der Waals surface area contributed by atoms with Crippen LogP contribution in [0.2, 0.25) is 0 Å². The number of amides is 8. The van der Waals surface area contributed by atoms with Crippen LogP contribution in [0.3, 0.4) is 0 Å². The molecule has 402 valence electrons. The van der Waals surface area contributed by atoms with Crippen molar-refractivity contribution in [1.82, 2.24) is 41.3 Å². The van der Waals surface area contributed by atoms with Crippen LogP contribution in [0.5, 0.6) is 0 Å². The first-order chi connectivity index (χ1) is 35.4. The summed E-state index contributed by atoms with van der Waals surface area (Å²) in [4.78, 5) is 133. The number of nitrogens with one attached hydrogen (secondary N) is 5. The number of likely N-dealkylation sites (tertiary alicyclic amines) is 2. The van der Waals surface area contributed by atoms with E-state index in [9.17, 15) is 53.4 Å². The number of carbonyl (C=O) groups is 9. The molecule has 3 aliphatic rings. The van der Waals surface area contributed by atoms with Gasteiger partial charge in [-0.2, -0.15) is 0 Å². The average molecular weight is 1030 g/mol. The number of aliphatic hydroxyl groups excluding tert-OH is 1. The third-order valence-electron chi connectivity index (χ3n) is 12.9. The Bertz CT molecular complexity index is 2400. The van der Waals surface area contributed by atoms with Crippen molar-refractivity contribution < 1.29 is 53.4 Å². The van der Waals surface area contributed by atoms with Gasteiger partial charge in [0.15, 0.2) is 11.9 Å². The van der Waals surface area contributed by atoms with E-state index in [1.807, 2.05) is 0 Å². The van der Waals surface area contributed by atoms with Crippen molar-refractivity contribution in [2.75, 3.05) is 45.9 Å². The maximum Gasteiger partial charge on any atom is 0.326 e. The van der Waals surface area contributed by atoms with E-state index in [0.29, 0.717) is 68.3 Å². The quantitative estimate of drug-likeness (QED) is 0.0253. The van der Waals surface area contributed by atoms with Gasteiger partial charge in [0.1, 0.15) is 36.3 Å². The number of rotatable bonds is 25. The molecule has 26 nitrogen and oxygen atoms in total. The topological polar surface area (TPSA) is 419 Å². The number of guanidine groups is 2. The monoisotopic (exact) mass is 1030 g/mol. The molecule has 17 N–H and O–H groups in total. The Kier molecular flexibility index (Phi) is 21.4. The summed E-state index contributed by atoms with van der Waals surface area (Å²) in [5.74, 6) is -7.08. The van der Waals surface area contributed by atoms with Crippen molar-refractivity contribution in [3.05, 3.63) is 71.3 Å². The van der Waals surface area contributed by atoms with Gasteiger partial charge in [-0.15, -0.1) is 0 Å². The number of carboxylic acid groups (broad SMARTS) is 1. The van der Waals surface area contributed by atoms with Crippen LogP contribution in [-0.4, -0.2) is 178 Å². The summed E-state index contributed by atoms with van der Waals surface area (Å²) in [6, 6.07) is 7.30. The van der Waals surface area contributed by atoms with Crippen molar-refractivity contribution in [2.45, 2.75) is 113 Å². The third kappa shape index (κ3) is 16.6. The number of fused-ring (bicyclic) bond motifs is 1. The lowest BCUT2D eigenvalue weighted by Gasteiger charge is -2.32. The summed E-state index contributed by atoms with van der Waals surface area (Å²) in [5.41, 5.74) is 29.5. The van der Waals surface area contributed by atoms with Gasteiger partial charge in [-0.05, 0) is 68.1 Å². The first-order valence-corrected chi connectivity index (χ1v) is 24.5. The smallest absolute Gasteiger partial charge is 0.326 e. The molecule has 74 heavy (non-hydrogen) atoms. The Balaban J connectivity index is 1.20. The van der Waals surface area contributed by atoms with E-state index in [0.717, 1.165) is 4.90 Å². The van der Waals surface area contributed by atoms with E-state index in [1.54, 1.807) is 54.6 Å². The molecule has 0 radical (unpaired) electrons. The fourth-order valence-corrected chi connectivity index (χ4v) is 9.11. The van der Waals surface area contributed by atoms with Crippen molar-refractivity contribution in [2.24, 2.45) is 38.7 Å². The molecule has 0 saturated carbocycles. The molecular formula is C48H69N15O11. The Morgan fingerprint density at radius 3 is 1.97 bits per heavy atom. The normalized spacial score (nSPS) is 18.8. The predicted octanol–water partition coefficient (Wildman–Crippen LogP) is -4.64. The molecule has 0 bridgehead atoms. The maximum absolute atomic E-state index is 14.1. The van der Waals surface area contributed by atoms with Crippen LogP contribution in [0.4, 0.5) is 0 Å². The number of carbonyl (C=O) groups excluding carboxylic acids is 8. The van der Waals surface area contributed by atoms with Gasteiger partial charge < -0.3 is 80.2 Å². The van der Waals surface area contributed by atoms with Crippen LogP contribution in [-0.2, 0) is 62.5 Å². The molecule has 2 saturated heterocycles. The molecule has 8 amide bonds. The SMILES string of the molecule is NC(N)=NCCC[C@H](NC(=O)CN1Cc2ccccc2CC(NC(=O)[C@H](CO)NC(=O)[C@H](Cc2ccccc2)NC(=O)CNC(=O)[C@@H]2CCCN2C(=O)[C@@H]2CCCN2C(=O)[C@@H](N)CCCN=C(N)N)C1=O)C(=O)O. The number of benzene rings is 2. The molecule has 3 aliphatic heterocycles. The highest BCUT2D eigenvalue weighted by Crippen LogP contribution is 2.26. The number of carboxylic acids is 1. The highest BCUT2D eigenvalue weighted by atomic mass is 16.4. The number of aliphatic hydroxyl groups is 1. The van der Waals surface area contributed by atoms with Crippen LogP contribution in [0.25, 0.3) is 0 Å². The second-order valence-corrected chi connectivity index (χ2v) is 18.3. The summed E-state index contributed by atoms with van der Waals surface area (Å²) < 4.78 is 0. The van der Waals surface area contributed by atoms with Gasteiger partial charge in [-0.3, -0.25) is 48.3 Å². The Hall–Kier alpha value is -7.87. The predicted molar refractivity (Wildman–Crippen MR) is 268 cm³/mol. The lowest BCUT2D eigenvalue weighted by Crippen LogP contribution is -2.59. The standard InChI is InChI=1S/C48H69N15O11/c49-31(14-6-18-54-47(50)51)43(70)63-21-9-17-37(63)45(72)62-20-8-16-36(62)42(69)56-24-38(65)58-33(22-28-10-2-1-3-11-28)40(67)60-35(27-64)41(68)59-34-23-29-12-4-5-13-30(29)25-61(44(34)71)26-39(66)57-32(46(73)74)15-7-19-55-48(52)53/h1-5,10-13,31-37,64H,6-9,14-27,49H2,(H,56,69)(H,57,66)(H,58,65)(H,59,68)(H,60,67)(H,73,74)(H4,50,51,54)(H4,52,53,55)/t31-,32-,33-,34?,35-,36-,37-/m0/s1. The minimum absolute atomic E-state index is 0.00846. The largest absolute Gasteiger partial charge is 0.480 e.